The molecule has 0 atom stereocenters. The van der Waals surface area contributed by atoms with Crippen LogP contribution in [0, 0.1) is 0 Å². The zero-order valence-corrected chi connectivity index (χ0v) is 20.7. The van der Waals surface area contributed by atoms with Gasteiger partial charge in [-0.05, 0) is 30.5 Å². The Morgan fingerprint density at radius 2 is 1.82 bits per heavy atom. The molecule has 176 valence electrons. The number of hydrogen-bond acceptors (Lipinski definition) is 6. The van der Waals surface area contributed by atoms with Crippen LogP contribution < -0.4 is 10.2 Å². The lowest BCUT2D eigenvalue weighted by atomic mass is 9.92. The minimum absolute atomic E-state index is 0.00215. The molecule has 4 rings (SSSR count). The van der Waals surface area contributed by atoms with Crippen LogP contribution in [-0.2, 0) is 16.0 Å². The summed E-state index contributed by atoms with van der Waals surface area (Å²) in [6, 6.07) is 10.2. The minimum Gasteiger partial charge on any atom is -0.353 e. The zero-order chi connectivity index (χ0) is 23.6. The summed E-state index contributed by atoms with van der Waals surface area (Å²) < 4.78 is 0. The van der Waals surface area contributed by atoms with Gasteiger partial charge in [-0.15, -0.1) is 0 Å². The van der Waals surface area contributed by atoms with E-state index in [4.69, 9.17) is 9.97 Å². The number of anilines is 1. The van der Waals surface area contributed by atoms with Crippen LogP contribution in [0.15, 0.2) is 35.5 Å². The molecular formula is C25H33N5O2S. The third-order valence-electron chi connectivity index (χ3n) is 5.98. The first-order chi connectivity index (χ1) is 15.7. The molecule has 0 spiro atoms. The zero-order valence-electron chi connectivity index (χ0n) is 19.9. The van der Waals surface area contributed by atoms with Crippen molar-refractivity contribution in [2.75, 3.05) is 31.1 Å². The topological polar surface area (TPSA) is 78.4 Å². The summed E-state index contributed by atoms with van der Waals surface area (Å²) in [7, 11) is 0. The van der Waals surface area contributed by atoms with Crippen LogP contribution in [0.1, 0.15) is 62.2 Å². The van der Waals surface area contributed by atoms with Crippen LogP contribution in [-0.4, -0.2) is 58.9 Å². The molecule has 0 unspecified atom stereocenters. The number of benzene rings is 1. The van der Waals surface area contributed by atoms with Crippen molar-refractivity contribution in [1.82, 2.24) is 20.2 Å². The molecule has 7 nitrogen and oxygen atoms in total. The number of nitrogens with zero attached hydrogens (tertiary/aromatic N) is 4. The average molecular weight is 468 g/mol. The first-order valence-corrected chi connectivity index (χ1v) is 12.6. The van der Waals surface area contributed by atoms with E-state index in [1.165, 1.54) is 0 Å². The van der Waals surface area contributed by atoms with Gasteiger partial charge in [0.15, 0.2) is 5.16 Å². The molecule has 0 bridgehead atoms. The van der Waals surface area contributed by atoms with Crippen LogP contribution in [0.25, 0.3) is 0 Å². The Kier molecular flexibility index (Phi) is 6.93. The second-order valence-corrected chi connectivity index (χ2v) is 10.8. The SMILES string of the molecule is CC(=O)N1CCN(c2cc(C(C)(C)C)nc(SCc3cccc(C(=O)NC4CC4)c3)n2)CC1. The second-order valence-electron chi connectivity index (χ2n) is 9.87. The van der Waals surface area contributed by atoms with Crippen LogP contribution >= 0.6 is 11.8 Å². The van der Waals surface area contributed by atoms with Crippen molar-refractivity contribution < 1.29 is 9.59 Å². The summed E-state index contributed by atoms with van der Waals surface area (Å²) in [5.74, 6) is 1.73. The van der Waals surface area contributed by atoms with Gasteiger partial charge >= 0.3 is 0 Å². The van der Waals surface area contributed by atoms with Crippen molar-refractivity contribution in [3.8, 4) is 0 Å². The van der Waals surface area contributed by atoms with E-state index in [1.54, 1.807) is 18.7 Å². The van der Waals surface area contributed by atoms with Gasteiger partial charge in [0.1, 0.15) is 5.82 Å². The molecule has 1 aromatic carbocycles. The van der Waals surface area contributed by atoms with Gasteiger partial charge in [-0.25, -0.2) is 9.97 Å². The summed E-state index contributed by atoms with van der Waals surface area (Å²) in [4.78, 5) is 37.9. The Labute approximate surface area is 200 Å². The maximum absolute atomic E-state index is 12.4. The number of piperazine rings is 1. The summed E-state index contributed by atoms with van der Waals surface area (Å²) in [6.45, 7) is 11.0. The van der Waals surface area contributed by atoms with Gasteiger partial charge < -0.3 is 15.1 Å². The molecule has 1 N–H and O–H groups in total. The molecule has 1 aliphatic heterocycles. The summed E-state index contributed by atoms with van der Waals surface area (Å²) in [6.07, 6.45) is 2.16. The largest absolute Gasteiger partial charge is 0.353 e. The Bertz CT molecular complexity index is 1020. The highest BCUT2D eigenvalue weighted by atomic mass is 32.2. The molecule has 1 aliphatic carbocycles. The van der Waals surface area contributed by atoms with E-state index in [9.17, 15) is 9.59 Å². The minimum atomic E-state index is -0.102. The van der Waals surface area contributed by atoms with Gasteiger partial charge in [-0.1, -0.05) is 44.7 Å². The Balaban J connectivity index is 1.48. The molecule has 1 saturated heterocycles. The van der Waals surface area contributed by atoms with Crippen molar-refractivity contribution >= 4 is 29.4 Å². The average Bonchev–Trinajstić information content (AvgIpc) is 3.61. The lowest BCUT2D eigenvalue weighted by Crippen LogP contribution is -2.48. The highest BCUT2D eigenvalue weighted by molar-refractivity contribution is 7.98. The molecule has 2 fully saturated rings. The molecule has 1 saturated carbocycles. The number of carbonyl (C=O) groups excluding carboxylic acids is 2. The number of hydrogen-bond donors (Lipinski definition) is 1. The van der Waals surface area contributed by atoms with E-state index in [-0.39, 0.29) is 17.2 Å². The first-order valence-electron chi connectivity index (χ1n) is 11.6. The molecule has 33 heavy (non-hydrogen) atoms. The van der Waals surface area contributed by atoms with E-state index in [0.717, 1.165) is 48.2 Å². The number of amides is 2. The smallest absolute Gasteiger partial charge is 0.251 e. The first kappa shape index (κ1) is 23.5. The standard InChI is InChI=1S/C25H33N5O2S/c1-17(31)29-10-12-30(13-11-29)22-15-21(25(2,3)4)27-24(28-22)33-16-18-6-5-7-19(14-18)23(32)26-20-8-9-20/h5-7,14-15,20H,8-13,16H2,1-4H3,(H,26,32). The van der Waals surface area contributed by atoms with Crippen LogP contribution in [0.2, 0.25) is 0 Å². The van der Waals surface area contributed by atoms with Crippen molar-refractivity contribution in [3.05, 3.63) is 47.2 Å². The summed E-state index contributed by atoms with van der Waals surface area (Å²) in [5.41, 5.74) is 2.68. The predicted molar refractivity (Wildman–Crippen MR) is 132 cm³/mol. The third kappa shape index (κ3) is 6.25. The van der Waals surface area contributed by atoms with Gasteiger partial charge in [-0.3, -0.25) is 9.59 Å². The Hall–Kier alpha value is -2.61. The lowest BCUT2D eigenvalue weighted by Gasteiger charge is -2.35. The van der Waals surface area contributed by atoms with E-state index >= 15 is 0 Å². The molecule has 1 aromatic heterocycles. The van der Waals surface area contributed by atoms with Gasteiger partial charge in [0, 0.05) is 61.9 Å². The highest BCUT2D eigenvalue weighted by Gasteiger charge is 2.25. The maximum atomic E-state index is 12.4. The van der Waals surface area contributed by atoms with E-state index < -0.39 is 0 Å². The molecule has 8 heteroatoms. The number of carbonyl (C=O) groups is 2. The van der Waals surface area contributed by atoms with E-state index in [0.29, 0.717) is 30.4 Å². The number of aromatic nitrogens is 2. The Morgan fingerprint density at radius 3 is 2.45 bits per heavy atom. The third-order valence-corrected chi connectivity index (χ3v) is 6.90. The molecule has 2 aliphatic rings. The molecule has 0 radical (unpaired) electrons. The Morgan fingerprint density at radius 1 is 1.09 bits per heavy atom. The fourth-order valence-corrected chi connectivity index (χ4v) is 4.52. The van der Waals surface area contributed by atoms with Gasteiger partial charge in [0.05, 0.1) is 5.69 Å². The number of thioether (sulfide) groups is 1. The molecule has 2 aromatic rings. The van der Waals surface area contributed by atoms with E-state index in [2.05, 4.69) is 37.1 Å². The van der Waals surface area contributed by atoms with E-state index in [1.807, 2.05) is 29.2 Å². The highest BCUT2D eigenvalue weighted by Crippen LogP contribution is 2.29. The van der Waals surface area contributed by atoms with Gasteiger partial charge in [-0.2, -0.15) is 0 Å². The van der Waals surface area contributed by atoms with Crippen molar-refractivity contribution in [1.29, 1.82) is 0 Å². The molecule has 2 heterocycles. The summed E-state index contributed by atoms with van der Waals surface area (Å²) >= 11 is 1.59. The summed E-state index contributed by atoms with van der Waals surface area (Å²) in [5, 5.41) is 3.78. The quantitative estimate of drug-likeness (QED) is 0.516. The van der Waals surface area contributed by atoms with Crippen LogP contribution in [0.4, 0.5) is 5.82 Å². The van der Waals surface area contributed by atoms with Crippen molar-refractivity contribution in [2.24, 2.45) is 0 Å². The number of rotatable bonds is 6. The second kappa shape index (κ2) is 9.71. The fourth-order valence-electron chi connectivity index (χ4n) is 3.72. The number of nitrogens with one attached hydrogen (secondary N) is 1. The molecular weight excluding hydrogens is 434 g/mol. The normalized spacial score (nSPS) is 16.6. The monoisotopic (exact) mass is 467 g/mol. The lowest BCUT2D eigenvalue weighted by molar-refractivity contribution is -0.129. The van der Waals surface area contributed by atoms with Gasteiger partial charge in [0.2, 0.25) is 5.91 Å². The van der Waals surface area contributed by atoms with Crippen molar-refractivity contribution in [2.45, 2.75) is 62.9 Å². The van der Waals surface area contributed by atoms with Crippen LogP contribution in [0.5, 0.6) is 0 Å². The maximum Gasteiger partial charge on any atom is 0.251 e. The fraction of sp³-hybridized carbons (Fsp3) is 0.520. The predicted octanol–water partition coefficient (Wildman–Crippen LogP) is 3.63. The van der Waals surface area contributed by atoms with Crippen LogP contribution in [0.3, 0.4) is 0 Å². The van der Waals surface area contributed by atoms with Crippen molar-refractivity contribution in [3.63, 3.8) is 0 Å². The molecule has 2 amide bonds. The van der Waals surface area contributed by atoms with Gasteiger partial charge in [0.25, 0.3) is 5.91 Å².